The second-order valence-electron chi connectivity index (χ2n) is 6.01. The van der Waals surface area contributed by atoms with Crippen LogP contribution < -0.4 is 5.32 Å². The Morgan fingerprint density at radius 1 is 1.32 bits per heavy atom. The lowest BCUT2D eigenvalue weighted by molar-refractivity contribution is -0.123. The summed E-state index contributed by atoms with van der Waals surface area (Å²) in [5.74, 6) is 0.392. The molecule has 7 heteroatoms. The van der Waals surface area contributed by atoms with Crippen LogP contribution in [0.25, 0.3) is 17.0 Å². The molecule has 0 aliphatic carbocycles. The van der Waals surface area contributed by atoms with Crippen LogP contribution in [0.4, 0.5) is 10.2 Å². The molecule has 1 unspecified atom stereocenters. The summed E-state index contributed by atoms with van der Waals surface area (Å²) in [4.78, 5) is 21.4. The number of ether oxygens (including phenoxy) is 1. The summed E-state index contributed by atoms with van der Waals surface area (Å²) in [6.07, 6.45) is 5.09. The molecule has 2 aromatic heterocycles. The summed E-state index contributed by atoms with van der Waals surface area (Å²) in [7, 11) is 0. The SMILES string of the molecule is O=C(Nc1c(-c2ccc(F)cc2)nc2ncccn12)C1CCCOC1. The van der Waals surface area contributed by atoms with Crippen molar-refractivity contribution in [1.82, 2.24) is 14.4 Å². The lowest BCUT2D eigenvalue weighted by Crippen LogP contribution is -2.30. The summed E-state index contributed by atoms with van der Waals surface area (Å²) in [5, 5.41) is 2.96. The molecule has 1 aliphatic heterocycles. The Morgan fingerprint density at radius 2 is 2.16 bits per heavy atom. The minimum Gasteiger partial charge on any atom is -0.381 e. The lowest BCUT2D eigenvalue weighted by atomic mass is 10.0. The van der Waals surface area contributed by atoms with Gasteiger partial charge >= 0.3 is 0 Å². The fourth-order valence-electron chi connectivity index (χ4n) is 2.98. The quantitative estimate of drug-likeness (QED) is 0.796. The van der Waals surface area contributed by atoms with Crippen LogP contribution >= 0.6 is 0 Å². The largest absolute Gasteiger partial charge is 0.381 e. The van der Waals surface area contributed by atoms with E-state index in [4.69, 9.17) is 4.74 Å². The Hall–Kier alpha value is -2.80. The van der Waals surface area contributed by atoms with Crippen molar-refractivity contribution in [3.63, 3.8) is 0 Å². The van der Waals surface area contributed by atoms with Gasteiger partial charge in [0, 0.05) is 24.6 Å². The van der Waals surface area contributed by atoms with Gasteiger partial charge in [-0.15, -0.1) is 0 Å². The van der Waals surface area contributed by atoms with Crippen molar-refractivity contribution in [2.75, 3.05) is 18.5 Å². The summed E-state index contributed by atoms with van der Waals surface area (Å²) < 4.78 is 20.4. The first kappa shape index (κ1) is 15.7. The van der Waals surface area contributed by atoms with Crippen LogP contribution in [0.1, 0.15) is 12.8 Å². The van der Waals surface area contributed by atoms with Crippen LogP contribution in [0, 0.1) is 11.7 Å². The maximum absolute atomic E-state index is 13.2. The zero-order chi connectivity index (χ0) is 17.2. The average Bonchev–Trinajstić information content (AvgIpc) is 3.02. The third-order valence-corrected chi connectivity index (χ3v) is 4.29. The first-order valence-corrected chi connectivity index (χ1v) is 8.20. The maximum atomic E-state index is 13.2. The number of aromatic nitrogens is 3. The minimum absolute atomic E-state index is 0.103. The standard InChI is InChI=1S/C18H17FN4O2/c19-14-6-4-12(5-7-14)15-16(23-9-2-8-20-18(23)21-15)22-17(24)13-3-1-10-25-11-13/h2,4-9,13H,1,3,10-11H2,(H,22,24). The number of carbonyl (C=O) groups excluding carboxylic acids is 1. The number of carbonyl (C=O) groups is 1. The predicted molar refractivity (Wildman–Crippen MR) is 90.6 cm³/mol. The molecule has 0 bridgehead atoms. The minimum atomic E-state index is -0.324. The van der Waals surface area contributed by atoms with Gasteiger partial charge in [0.1, 0.15) is 17.3 Å². The van der Waals surface area contributed by atoms with Gasteiger partial charge in [-0.1, -0.05) is 0 Å². The van der Waals surface area contributed by atoms with E-state index >= 15 is 0 Å². The van der Waals surface area contributed by atoms with Gasteiger partial charge in [-0.2, -0.15) is 0 Å². The van der Waals surface area contributed by atoms with Gasteiger partial charge in [-0.05, 0) is 43.2 Å². The molecule has 128 valence electrons. The van der Waals surface area contributed by atoms with Crippen LogP contribution in [0.2, 0.25) is 0 Å². The zero-order valence-electron chi connectivity index (χ0n) is 13.5. The van der Waals surface area contributed by atoms with Crippen LogP contribution in [-0.4, -0.2) is 33.5 Å². The van der Waals surface area contributed by atoms with Crippen LogP contribution in [0.15, 0.2) is 42.7 Å². The van der Waals surface area contributed by atoms with Crippen molar-refractivity contribution in [2.24, 2.45) is 5.92 Å². The average molecular weight is 340 g/mol. The molecule has 1 fully saturated rings. The van der Waals surface area contributed by atoms with Gasteiger partial charge in [0.05, 0.1) is 12.5 Å². The topological polar surface area (TPSA) is 68.5 Å². The van der Waals surface area contributed by atoms with Crippen molar-refractivity contribution in [2.45, 2.75) is 12.8 Å². The summed E-state index contributed by atoms with van der Waals surface area (Å²) in [5.41, 5.74) is 1.27. The molecule has 1 aliphatic rings. The number of halogens is 1. The highest BCUT2D eigenvalue weighted by Gasteiger charge is 2.24. The first-order chi connectivity index (χ1) is 12.2. The van der Waals surface area contributed by atoms with Crippen molar-refractivity contribution in [3.8, 4) is 11.3 Å². The van der Waals surface area contributed by atoms with E-state index in [1.54, 1.807) is 35.0 Å². The van der Waals surface area contributed by atoms with E-state index in [1.165, 1.54) is 12.1 Å². The second kappa shape index (κ2) is 6.60. The Balaban J connectivity index is 1.74. The van der Waals surface area contributed by atoms with Crippen LogP contribution in [0.3, 0.4) is 0 Å². The smallest absolute Gasteiger partial charge is 0.235 e. The number of anilines is 1. The van der Waals surface area contributed by atoms with Gasteiger partial charge in [-0.3, -0.25) is 9.20 Å². The monoisotopic (exact) mass is 340 g/mol. The molecule has 0 spiro atoms. The van der Waals surface area contributed by atoms with Gasteiger partial charge in [-0.25, -0.2) is 14.4 Å². The molecule has 1 atom stereocenters. The van der Waals surface area contributed by atoms with E-state index in [2.05, 4.69) is 15.3 Å². The molecule has 3 aromatic rings. The highest BCUT2D eigenvalue weighted by molar-refractivity contribution is 5.96. The Bertz CT molecular complexity index is 901. The Labute approximate surface area is 143 Å². The van der Waals surface area contributed by atoms with Gasteiger partial charge < -0.3 is 10.1 Å². The number of amides is 1. The van der Waals surface area contributed by atoms with E-state index in [0.29, 0.717) is 36.1 Å². The van der Waals surface area contributed by atoms with Crippen LogP contribution in [-0.2, 0) is 9.53 Å². The number of imidazole rings is 1. The summed E-state index contributed by atoms with van der Waals surface area (Å²) in [6, 6.07) is 7.77. The van der Waals surface area contributed by atoms with Crippen molar-refractivity contribution >= 4 is 17.5 Å². The van der Waals surface area contributed by atoms with E-state index in [1.807, 2.05) is 0 Å². The van der Waals surface area contributed by atoms with Crippen LogP contribution in [0.5, 0.6) is 0 Å². The fraction of sp³-hybridized carbons (Fsp3) is 0.278. The normalized spacial score (nSPS) is 17.6. The van der Waals surface area contributed by atoms with E-state index < -0.39 is 0 Å². The molecule has 0 saturated carbocycles. The predicted octanol–water partition coefficient (Wildman–Crippen LogP) is 2.90. The Kier molecular flexibility index (Phi) is 4.15. The molecular weight excluding hydrogens is 323 g/mol. The third kappa shape index (κ3) is 3.10. The highest BCUT2D eigenvalue weighted by atomic mass is 19.1. The fourth-order valence-corrected chi connectivity index (χ4v) is 2.98. The first-order valence-electron chi connectivity index (χ1n) is 8.20. The molecule has 1 aromatic carbocycles. The van der Waals surface area contributed by atoms with Crippen molar-refractivity contribution < 1.29 is 13.9 Å². The Morgan fingerprint density at radius 3 is 2.92 bits per heavy atom. The number of hydrogen-bond acceptors (Lipinski definition) is 4. The molecule has 4 rings (SSSR count). The lowest BCUT2D eigenvalue weighted by Gasteiger charge is -2.21. The number of fused-ring (bicyclic) bond motifs is 1. The van der Waals surface area contributed by atoms with E-state index in [0.717, 1.165) is 12.8 Å². The van der Waals surface area contributed by atoms with Crippen molar-refractivity contribution in [1.29, 1.82) is 0 Å². The molecule has 0 radical (unpaired) electrons. The highest BCUT2D eigenvalue weighted by Crippen LogP contribution is 2.29. The third-order valence-electron chi connectivity index (χ3n) is 4.29. The van der Waals surface area contributed by atoms with Gasteiger partial charge in [0.25, 0.3) is 0 Å². The molecule has 3 heterocycles. The molecule has 1 saturated heterocycles. The van der Waals surface area contributed by atoms with Gasteiger partial charge in [0.2, 0.25) is 11.7 Å². The molecule has 1 N–H and O–H groups in total. The molecule has 6 nitrogen and oxygen atoms in total. The number of nitrogens with zero attached hydrogens (tertiary/aromatic N) is 3. The number of hydrogen-bond donors (Lipinski definition) is 1. The van der Waals surface area contributed by atoms with Crippen molar-refractivity contribution in [3.05, 3.63) is 48.5 Å². The van der Waals surface area contributed by atoms with E-state index in [9.17, 15) is 9.18 Å². The number of benzene rings is 1. The summed E-state index contributed by atoms with van der Waals surface area (Å²) >= 11 is 0. The molecule has 1 amide bonds. The zero-order valence-corrected chi connectivity index (χ0v) is 13.5. The van der Waals surface area contributed by atoms with Gasteiger partial charge in [0.15, 0.2) is 0 Å². The molecule has 25 heavy (non-hydrogen) atoms. The number of rotatable bonds is 3. The molecular formula is C18H17FN4O2. The van der Waals surface area contributed by atoms with E-state index in [-0.39, 0.29) is 17.6 Å². The maximum Gasteiger partial charge on any atom is 0.235 e. The summed E-state index contributed by atoms with van der Waals surface area (Å²) in [6.45, 7) is 1.12. The second-order valence-corrected chi connectivity index (χ2v) is 6.01. The number of nitrogens with one attached hydrogen (secondary N) is 1.